The van der Waals surface area contributed by atoms with Gasteiger partial charge in [0.15, 0.2) is 0 Å². The number of hydrogen-bond donors (Lipinski definition) is 4. The third kappa shape index (κ3) is 3.31. The fourth-order valence-electron chi connectivity index (χ4n) is 0.936. The van der Waals surface area contributed by atoms with Crippen molar-refractivity contribution in [2.24, 2.45) is 5.73 Å². The standard InChI is InChI=1S/C8H15N3O3S/c1-6(12)8(9)5-11-15(13,14)7-2-3-10-4-7/h2-4,6,8,10-12H,5,9H2,1H3. The summed E-state index contributed by atoms with van der Waals surface area (Å²) >= 11 is 0. The number of aliphatic hydroxyl groups is 1. The highest BCUT2D eigenvalue weighted by Crippen LogP contribution is 2.05. The van der Waals surface area contributed by atoms with Gasteiger partial charge in [-0.3, -0.25) is 0 Å². The molecule has 0 radical (unpaired) electrons. The van der Waals surface area contributed by atoms with Crippen LogP contribution in [0.25, 0.3) is 0 Å². The van der Waals surface area contributed by atoms with E-state index in [0.29, 0.717) is 0 Å². The van der Waals surface area contributed by atoms with Crippen molar-refractivity contribution >= 4 is 10.0 Å². The number of aromatic amines is 1. The van der Waals surface area contributed by atoms with E-state index in [4.69, 9.17) is 10.8 Å². The quantitative estimate of drug-likeness (QED) is 0.523. The van der Waals surface area contributed by atoms with Gasteiger partial charge in [0.25, 0.3) is 0 Å². The highest BCUT2D eigenvalue weighted by molar-refractivity contribution is 7.89. The second-order valence-electron chi connectivity index (χ2n) is 3.30. The van der Waals surface area contributed by atoms with Crippen molar-refractivity contribution in [2.75, 3.05) is 6.54 Å². The first-order valence-electron chi connectivity index (χ1n) is 4.49. The minimum Gasteiger partial charge on any atom is -0.392 e. The average Bonchev–Trinajstić information content (AvgIpc) is 2.67. The lowest BCUT2D eigenvalue weighted by atomic mass is 10.2. The second kappa shape index (κ2) is 4.75. The van der Waals surface area contributed by atoms with Gasteiger partial charge in [-0.25, -0.2) is 13.1 Å². The van der Waals surface area contributed by atoms with Crippen LogP contribution in [0.4, 0.5) is 0 Å². The molecule has 0 bridgehead atoms. The van der Waals surface area contributed by atoms with Crippen LogP contribution in [0.5, 0.6) is 0 Å². The zero-order valence-corrected chi connectivity index (χ0v) is 9.16. The first-order chi connectivity index (χ1) is 6.93. The molecule has 2 atom stereocenters. The smallest absolute Gasteiger partial charge is 0.242 e. The topological polar surface area (TPSA) is 108 Å². The molecule has 0 aliphatic carbocycles. The maximum Gasteiger partial charge on any atom is 0.242 e. The Hall–Kier alpha value is -0.890. The molecule has 0 fully saturated rings. The highest BCUT2D eigenvalue weighted by atomic mass is 32.2. The third-order valence-electron chi connectivity index (χ3n) is 2.01. The molecule has 1 aromatic rings. The van der Waals surface area contributed by atoms with Gasteiger partial charge in [0, 0.05) is 25.0 Å². The summed E-state index contributed by atoms with van der Waals surface area (Å²) in [5.41, 5.74) is 5.49. The maximum atomic E-state index is 11.6. The lowest BCUT2D eigenvalue weighted by Crippen LogP contribution is -2.43. The number of H-pyrrole nitrogens is 1. The average molecular weight is 233 g/mol. The molecule has 7 heteroatoms. The van der Waals surface area contributed by atoms with Gasteiger partial charge in [-0.1, -0.05) is 0 Å². The molecule has 5 N–H and O–H groups in total. The number of hydrogen-bond acceptors (Lipinski definition) is 4. The largest absolute Gasteiger partial charge is 0.392 e. The summed E-state index contributed by atoms with van der Waals surface area (Å²) in [7, 11) is -3.52. The van der Waals surface area contributed by atoms with Gasteiger partial charge in [-0.05, 0) is 13.0 Å². The molecule has 0 saturated carbocycles. The van der Waals surface area contributed by atoms with Crippen molar-refractivity contribution in [1.82, 2.24) is 9.71 Å². The number of rotatable bonds is 5. The van der Waals surface area contributed by atoms with Crippen molar-refractivity contribution in [2.45, 2.75) is 24.0 Å². The molecule has 2 unspecified atom stereocenters. The van der Waals surface area contributed by atoms with Crippen LogP contribution in [-0.4, -0.2) is 37.2 Å². The van der Waals surface area contributed by atoms with Gasteiger partial charge in [0.05, 0.1) is 11.0 Å². The van der Waals surface area contributed by atoms with Crippen molar-refractivity contribution in [3.63, 3.8) is 0 Å². The molecule has 0 saturated heterocycles. The minimum atomic E-state index is -3.52. The number of sulfonamides is 1. The lowest BCUT2D eigenvalue weighted by molar-refractivity contribution is 0.164. The molecule has 0 aliphatic rings. The number of nitrogens with one attached hydrogen (secondary N) is 2. The van der Waals surface area contributed by atoms with Crippen molar-refractivity contribution < 1.29 is 13.5 Å². The second-order valence-corrected chi connectivity index (χ2v) is 5.07. The molecule has 1 aromatic heterocycles. The molecule has 0 amide bonds. The van der Waals surface area contributed by atoms with Gasteiger partial charge in [0.2, 0.25) is 10.0 Å². The molecule has 0 aliphatic heterocycles. The highest BCUT2D eigenvalue weighted by Gasteiger charge is 2.17. The molecular weight excluding hydrogens is 218 g/mol. The monoisotopic (exact) mass is 233 g/mol. The van der Waals surface area contributed by atoms with Crippen LogP contribution in [0.15, 0.2) is 23.4 Å². The van der Waals surface area contributed by atoms with Crippen molar-refractivity contribution in [1.29, 1.82) is 0 Å². The number of nitrogens with two attached hydrogens (primary N) is 1. The normalized spacial score (nSPS) is 16.2. The van der Waals surface area contributed by atoms with E-state index >= 15 is 0 Å². The molecular formula is C8H15N3O3S. The van der Waals surface area contributed by atoms with Gasteiger partial charge in [0.1, 0.15) is 0 Å². The fraction of sp³-hybridized carbons (Fsp3) is 0.500. The van der Waals surface area contributed by atoms with E-state index in [0.717, 1.165) is 0 Å². The molecule has 0 aromatic carbocycles. The first-order valence-corrected chi connectivity index (χ1v) is 5.98. The summed E-state index contributed by atoms with van der Waals surface area (Å²) in [5.74, 6) is 0. The van der Waals surface area contributed by atoms with Gasteiger partial charge in [-0.15, -0.1) is 0 Å². The van der Waals surface area contributed by atoms with E-state index in [1.54, 1.807) is 0 Å². The molecule has 86 valence electrons. The van der Waals surface area contributed by atoms with Crippen LogP contribution in [0, 0.1) is 0 Å². The van der Waals surface area contributed by atoms with Crippen molar-refractivity contribution in [3.05, 3.63) is 18.5 Å². The zero-order valence-electron chi connectivity index (χ0n) is 8.34. The maximum absolute atomic E-state index is 11.6. The molecule has 6 nitrogen and oxygen atoms in total. The molecule has 1 heterocycles. The van der Waals surface area contributed by atoms with Gasteiger partial charge < -0.3 is 15.8 Å². The predicted molar refractivity (Wildman–Crippen MR) is 55.6 cm³/mol. The molecule has 0 spiro atoms. The van der Waals surface area contributed by atoms with Crippen molar-refractivity contribution in [3.8, 4) is 0 Å². The first kappa shape index (κ1) is 12.2. The summed E-state index contributed by atoms with van der Waals surface area (Å²) in [6.07, 6.45) is 2.14. The van der Waals surface area contributed by atoms with E-state index < -0.39 is 22.2 Å². The summed E-state index contributed by atoms with van der Waals surface area (Å²) in [6.45, 7) is 1.51. The molecule has 15 heavy (non-hydrogen) atoms. The van der Waals surface area contributed by atoms with E-state index in [9.17, 15) is 8.42 Å². The van der Waals surface area contributed by atoms with Crippen LogP contribution in [0.2, 0.25) is 0 Å². The zero-order chi connectivity index (χ0) is 11.5. The Kier molecular flexibility index (Phi) is 3.86. The Morgan fingerprint density at radius 2 is 2.33 bits per heavy atom. The summed E-state index contributed by atoms with van der Waals surface area (Å²) < 4.78 is 25.4. The third-order valence-corrected chi connectivity index (χ3v) is 3.43. The fourth-order valence-corrected chi connectivity index (χ4v) is 1.98. The summed E-state index contributed by atoms with van der Waals surface area (Å²) in [4.78, 5) is 2.80. The molecule has 1 rings (SSSR count). The predicted octanol–water partition coefficient (Wildman–Crippen LogP) is -0.999. The van der Waals surface area contributed by atoms with Crippen LogP contribution in [0.3, 0.4) is 0 Å². The lowest BCUT2D eigenvalue weighted by Gasteiger charge is -2.14. The Balaban J connectivity index is 2.59. The number of aromatic nitrogens is 1. The summed E-state index contributed by atoms with van der Waals surface area (Å²) in [5, 5.41) is 9.08. The van der Waals surface area contributed by atoms with Gasteiger partial charge in [-0.2, -0.15) is 0 Å². The Morgan fingerprint density at radius 3 is 2.80 bits per heavy atom. The Morgan fingerprint density at radius 1 is 1.67 bits per heavy atom. The SMILES string of the molecule is CC(O)C(N)CNS(=O)(=O)c1cc[nH]c1. The van der Waals surface area contributed by atoms with Crippen LogP contribution < -0.4 is 10.5 Å². The summed E-state index contributed by atoms with van der Waals surface area (Å²) in [6, 6.07) is 0.828. The van der Waals surface area contributed by atoms with Crippen LogP contribution >= 0.6 is 0 Å². The van der Waals surface area contributed by atoms with Gasteiger partial charge >= 0.3 is 0 Å². The van der Waals surface area contributed by atoms with E-state index in [1.807, 2.05) is 0 Å². The number of aliphatic hydroxyl groups excluding tert-OH is 1. The minimum absolute atomic E-state index is 0.00514. The van der Waals surface area contributed by atoms with E-state index in [-0.39, 0.29) is 11.4 Å². The van der Waals surface area contributed by atoms with Crippen LogP contribution in [0.1, 0.15) is 6.92 Å². The van der Waals surface area contributed by atoms with Crippen LogP contribution in [-0.2, 0) is 10.0 Å². The van der Waals surface area contributed by atoms with E-state index in [2.05, 4.69) is 9.71 Å². The Bertz CT molecular complexity index is 385. The Labute approximate surface area is 88.5 Å². The van der Waals surface area contributed by atoms with E-state index in [1.165, 1.54) is 25.4 Å².